The fourth-order valence-corrected chi connectivity index (χ4v) is 3.16. The van der Waals surface area contributed by atoms with Gasteiger partial charge in [0.15, 0.2) is 5.82 Å². The minimum Gasteiger partial charge on any atom is -0.308 e. The maximum Gasteiger partial charge on any atom is 0.416 e. The van der Waals surface area contributed by atoms with Gasteiger partial charge in [-0.15, -0.1) is 5.10 Å². The highest BCUT2D eigenvalue weighted by atomic mass is 19.4. The molecule has 13 heteroatoms. The number of hydrogen-bond donors (Lipinski definition) is 3. The van der Waals surface area contributed by atoms with Gasteiger partial charge in [0.2, 0.25) is 0 Å². The van der Waals surface area contributed by atoms with E-state index in [0.717, 1.165) is 12.1 Å². The SMILES string of the molecule is O=C(Nc1cccc(C(F)(F)F)c1)Nc1ccc(-c2cccc([N+](=O)[O-])c2)cc1-c1nnn[nH]1. The maximum atomic E-state index is 12.9. The summed E-state index contributed by atoms with van der Waals surface area (Å²) in [5.74, 6) is 0.196. The van der Waals surface area contributed by atoms with Crippen molar-refractivity contribution in [3.8, 4) is 22.5 Å². The molecule has 1 heterocycles. The minimum absolute atomic E-state index is 0.0524. The molecule has 0 atom stereocenters. The Labute approximate surface area is 189 Å². The van der Waals surface area contributed by atoms with Gasteiger partial charge in [-0.1, -0.05) is 24.3 Å². The number of amides is 2. The second-order valence-corrected chi connectivity index (χ2v) is 6.98. The van der Waals surface area contributed by atoms with E-state index in [1.165, 1.54) is 36.4 Å². The summed E-state index contributed by atoms with van der Waals surface area (Å²) >= 11 is 0. The van der Waals surface area contributed by atoms with Crippen molar-refractivity contribution in [2.45, 2.75) is 6.18 Å². The predicted molar refractivity (Wildman–Crippen MR) is 116 cm³/mol. The van der Waals surface area contributed by atoms with Crippen LogP contribution in [0.25, 0.3) is 22.5 Å². The summed E-state index contributed by atoms with van der Waals surface area (Å²) in [6.45, 7) is 0. The lowest BCUT2D eigenvalue weighted by Crippen LogP contribution is -2.20. The Morgan fingerprint density at radius 1 is 0.971 bits per heavy atom. The first-order valence-corrected chi connectivity index (χ1v) is 9.59. The van der Waals surface area contributed by atoms with Crippen molar-refractivity contribution in [1.29, 1.82) is 0 Å². The molecule has 4 aromatic rings. The van der Waals surface area contributed by atoms with Crippen molar-refractivity contribution in [1.82, 2.24) is 20.6 Å². The number of aromatic amines is 1. The van der Waals surface area contributed by atoms with Gasteiger partial charge in [0.05, 0.1) is 16.2 Å². The van der Waals surface area contributed by atoms with E-state index in [0.29, 0.717) is 16.7 Å². The predicted octanol–water partition coefficient (Wildman–Crippen LogP) is 5.10. The quantitative estimate of drug-likeness (QED) is 0.274. The second-order valence-electron chi connectivity index (χ2n) is 6.98. The third kappa shape index (κ3) is 4.98. The first-order chi connectivity index (χ1) is 16.2. The zero-order chi connectivity index (χ0) is 24.3. The van der Waals surface area contributed by atoms with E-state index in [1.807, 2.05) is 0 Å². The number of carbonyl (C=O) groups excluding carboxylic acids is 1. The number of nitro groups is 1. The van der Waals surface area contributed by atoms with E-state index < -0.39 is 22.7 Å². The van der Waals surface area contributed by atoms with Gasteiger partial charge in [0, 0.05) is 23.4 Å². The summed E-state index contributed by atoms with van der Waals surface area (Å²) in [5.41, 5.74) is 0.679. The van der Waals surface area contributed by atoms with Gasteiger partial charge in [-0.05, 0) is 51.9 Å². The lowest BCUT2D eigenvalue weighted by molar-refractivity contribution is -0.384. The van der Waals surface area contributed by atoms with Crippen molar-refractivity contribution < 1.29 is 22.9 Å². The summed E-state index contributed by atoms with van der Waals surface area (Å²) < 4.78 is 38.8. The molecule has 0 unspecified atom stereocenters. The monoisotopic (exact) mass is 469 g/mol. The van der Waals surface area contributed by atoms with Crippen LogP contribution in [-0.4, -0.2) is 31.6 Å². The molecule has 10 nitrogen and oxygen atoms in total. The van der Waals surface area contributed by atoms with Gasteiger partial charge in [-0.2, -0.15) is 13.2 Å². The first-order valence-electron chi connectivity index (χ1n) is 9.59. The molecule has 0 radical (unpaired) electrons. The summed E-state index contributed by atoms with van der Waals surface area (Å²) in [6.07, 6.45) is -4.55. The van der Waals surface area contributed by atoms with Gasteiger partial charge in [0.25, 0.3) is 5.69 Å². The number of nitrogens with zero attached hydrogens (tertiary/aromatic N) is 4. The molecule has 0 aliphatic carbocycles. The van der Waals surface area contributed by atoms with Gasteiger partial charge in [-0.3, -0.25) is 10.1 Å². The first kappa shape index (κ1) is 22.4. The average Bonchev–Trinajstić information content (AvgIpc) is 3.34. The largest absolute Gasteiger partial charge is 0.416 e. The summed E-state index contributed by atoms with van der Waals surface area (Å²) in [6, 6.07) is 14.1. The van der Waals surface area contributed by atoms with Crippen LogP contribution in [0.2, 0.25) is 0 Å². The molecule has 1 aromatic heterocycles. The molecule has 0 aliphatic heterocycles. The van der Waals surface area contributed by atoms with Gasteiger partial charge in [0.1, 0.15) is 0 Å². The molecule has 2 amide bonds. The Morgan fingerprint density at radius 2 is 1.74 bits per heavy atom. The van der Waals surface area contributed by atoms with Crippen molar-refractivity contribution in [2.75, 3.05) is 10.6 Å². The highest BCUT2D eigenvalue weighted by molar-refractivity contribution is 6.02. The van der Waals surface area contributed by atoms with Crippen molar-refractivity contribution in [3.63, 3.8) is 0 Å². The smallest absolute Gasteiger partial charge is 0.308 e. The number of benzene rings is 3. The molecule has 0 saturated heterocycles. The number of rotatable bonds is 5. The summed E-state index contributed by atoms with van der Waals surface area (Å²) in [5, 5.41) is 29.4. The van der Waals surface area contributed by atoms with Crippen LogP contribution in [0.1, 0.15) is 5.56 Å². The zero-order valence-electron chi connectivity index (χ0n) is 17.0. The van der Waals surface area contributed by atoms with Gasteiger partial charge >= 0.3 is 12.2 Å². The molecule has 34 heavy (non-hydrogen) atoms. The lowest BCUT2D eigenvalue weighted by atomic mass is 10.0. The van der Waals surface area contributed by atoms with Crippen LogP contribution in [0.3, 0.4) is 0 Å². The number of hydrogen-bond acceptors (Lipinski definition) is 6. The number of aromatic nitrogens is 4. The van der Waals surface area contributed by atoms with E-state index in [4.69, 9.17) is 0 Å². The van der Waals surface area contributed by atoms with Crippen LogP contribution in [-0.2, 0) is 6.18 Å². The number of halogens is 3. The van der Waals surface area contributed by atoms with Crippen molar-refractivity contribution in [2.24, 2.45) is 0 Å². The minimum atomic E-state index is -4.55. The van der Waals surface area contributed by atoms with Crippen LogP contribution in [0.4, 0.5) is 35.0 Å². The number of alkyl halides is 3. The standard InChI is InChI=1S/C21H14F3N7O3/c22-21(23,24)14-4-2-5-15(11-14)25-20(32)26-18-8-7-13(10-17(18)19-27-29-30-28-19)12-3-1-6-16(9-12)31(33)34/h1-11H,(H2,25,26,32)(H,27,28,29,30). The molecule has 0 bridgehead atoms. The number of urea groups is 1. The fourth-order valence-electron chi connectivity index (χ4n) is 3.16. The molecular formula is C21H14F3N7O3. The number of carbonyl (C=O) groups is 1. The number of non-ortho nitro benzene ring substituents is 1. The van der Waals surface area contributed by atoms with E-state index in [1.54, 1.807) is 18.2 Å². The zero-order valence-corrected chi connectivity index (χ0v) is 17.0. The number of nitrogens with one attached hydrogen (secondary N) is 3. The van der Waals surface area contributed by atoms with Crippen LogP contribution >= 0.6 is 0 Å². The van der Waals surface area contributed by atoms with Crippen LogP contribution in [0, 0.1) is 10.1 Å². The van der Waals surface area contributed by atoms with E-state index in [-0.39, 0.29) is 22.9 Å². The molecule has 4 rings (SSSR count). The van der Waals surface area contributed by atoms with Crippen molar-refractivity contribution in [3.05, 3.63) is 82.4 Å². The fraction of sp³-hybridized carbons (Fsp3) is 0.0476. The molecule has 3 N–H and O–H groups in total. The maximum absolute atomic E-state index is 12.9. The Balaban J connectivity index is 1.63. The second kappa shape index (κ2) is 8.97. The summed E-state index contributed by atoms with van der Waals surface area (Å²) in [7, 11) is 0. The Morgan fingerprint density at radius 3 is 2.44 bits per heavy atom. The Kier molecular flexibility index (Phi) is 5.91. The average molecular weight is 469 g/mol. The van der Waals surface area contributed by atoms with Crippen molar-refractivity contribution >= 4 is 23.1 Å². The van der Waals surface area contributed by atoms with Crippen LogP contribution < -0.4 is 10.6 Å². The van der Waals surface area contributed by atoms with Gasteiger partial charge in [-0.25, -0.2) is 9.89 Å². The summed E-state index contributed by atoms with van der Waals surface area (Å²) in [4.78, 5) is 23.1. The molecule has 0 spiro atoms. The molecular weight excluding hydrogens is 455 g/mol. The molecule has 172 valence electrons. The normalized spacial score (nSPS) is 11.1. The van der Waals surface area contributed by atoms with E-state index >= 15 is 0 Å². The molecule has 0 saturated carbocycles. The lowest BCUT2D eigenvalue weighted by Gasteiger charge is -2.13. The van der Waals surface area contributed by atoms with Gasteiger partial charge < -0.3 is 10.6 Å². The Bertz CT molecular complexity index is 1360. The number of H-pyrrole nitrogens is 1. The number of nitro benzene ring substituents is 1. The molecule has 3 aromatic carbocycles. The Hall–Kier alpha value is -4.81. The molecule has 0 aliphatic rings. The number of anilines is 2. The third-order valence-corrected chi connectivity index (χ3v) is 4.71. The highest BCUT2D eigenvalue weighted by Gasteiger charge is 2.30. The topological polar surface area (TPSA) is 139 Å². The third-order valence-electron chi connectivity index (χ3n) is 4.71. The van der Waals surface area contributed by atoms with Crippen LogP contribution in [0.15, 0.2) is 66.7 Å². The van der Waals surface area contributed by atoms with E-state index in [2.05, 4.69) is 31.3 Å². The van der Waals surface area contributed by atoms with Crippen LogP contribution in [0.5, 0.6) is 0 Å². The number of tetrazole rings is 1. The molecule has 0 fully saturated rings. The highest BCUT2D eigenvalue weighted by Crippen LogP contribution is 2.33. The van der Waals surface area contributed by atoms with E-state index in [9.17, 15) is 28.1 Å².